The third kappa shape index (κ3) is 3.57. The third-order valence-corrected chi connectivity index (χ3v) is 5.86. The van der Waals surface area contributed by atoms with Crippen molar-refractivity contribution in [1.29, 1.82) is 5.26 Å². The minimum Gasteiger partial charge on any atom is -0.507 e. The van der Waals surface area contributed by atoms with Crippen LogP contribution in [0.25, 0.3) is 5.76 Å². The summed E-state index contributed by atoms with van der Waals surface area (Å²) in [6.07, 6.45) is 0. The van der Waals surface area contributed by atoms with Gasteiger partial charge in [0.15, 0.2) is 0 Å². The number of benzene rings is 3. The molecular weight excluding hydrogens is 400 g/mol. The molecule has 3 aromatic rings. The van der Waals surface area contributed by atoms with Crippen molar-refractivity contribution in [3.8, 4) is 6.07 Å². The van der Waals surface area contributed by atoms with Crippen molar-refractivity contribution in [3.63, 3.8) is 0 Å². The highest BCUT2D eigenvalue weighted by Gasteiger charge is 2.47. The molecule has 1 saturated heterocycles. The van der Waals surface area contributed by atoms with Crippen molar-refractivity contribution in [2.24, 2.45) is 0 Å². The van der Waals surface area contributed by atoms with Crippen LogP contribution >= 0.6 is 0 Å². The highest BCUT2D eigenvalue weighted by Crippen LogP contribution is 2.42. The summed E-state index contributed by atoms with van der Waals surface area (Å²) < 4.78 is 0. The molecule has 0 radical (unpaired) electrons. The van der Waals surface area contributed by atoms with Gasteiger partial charge in [-0.1, -0.05) is 42.0 Å². The molecule has 0 spiro atoms. The fraction of sp³-hybridized carbons (Fsp3) is 0.148. The van der Waals surface area contributed by atoms with E-state index in [1.54, 1.807) is 30.3 Å². The zero-order valence-corrected chi connectivity index (χ0v) is 18.1. The number of nitrogens with zero attached hydrogens (tertiary/aromatic N) is 2. The van der Waals surface area contributed by atoms with Crippen molar-refractivity contribution in [2.45, 2.75) is 26.8 Å². The Kier molecular flexibility index (Phi) is 5.38. The first kappa shape index (κ1) is 21.1. The first-order valence-corrected chi connectivity index (χ1v) is 10.3. The number of carbonyl (C=O) groups is 2. The van der Waals surface area contributed by atoms with Gasteiger partial charge in [-0.2, -0.15) is 5.26 Å². The fourth-order valence-electron chi connectivity index (χ4n) is 4.00. The van der Waals surface area contributed by atoms with E-state index in [4.69, 9.17) is 5.26 Å². The molecule has 5 nitrogen and oxygen atoms in total. The topological polar surface area (TPSA) is 81.4 Å². The second-order valence-electron chi connectivity index (χ2n) is 8.04. The van der Waals surface area contributed by atoms with Crippen molar-refractivity contribution >= 4 is 23.1 Å². The first-order valence-electron chi connectivity index (χ1n) is 10.3. The molecule has 1 unspecified atom stereocenters. The van der Waals surface area contributed by atoms with Crippen LogP contribution in [0.1, 0.15) is 39.4 Å². The van der Waals surface area contributed by atoms with Crippen LogP contribution in [0.3, 0.4) is 0 Å². The first-order chi connectivity index (χ1) is 15.3. The lowest BCUT2D eigenvalue weighted by atomic mass is 9.93. The molecule has 1 aliphatic rings. The number of carbonyl (C=O) groups excluding carboxylic acids is 2. The summed E-state index contributed by atoms with van der Waals surface area (Å²) in [6.45, 7) is 5.83. The summed E-state index contributed by atoms with van der Waals surface area (Å²) in [5.74, 6) is -1.66. The number of anilines is 1. The molecule has 1 atom stereocenters. The summed E-state index contributed by atoms with van der Waals surface area (Å²) in [5, 5.41) is 20.3. The average Bonchev–Trinajstić information content (AvgIpc) is 3.06. The Morgan fingerprint density at radius 3 is 2.28 bits per heavy atom. The van der Waals surface area contributed by atoms with Crippen LogP contribution in [0.2, 0.25) is 0 Å². The maximum Gasteiger partial charge on any atom is 0.300 e. The van der Waals surface area contributed by atoms with Crippen LogP contribution in [0.5, 0.6) is 0 Å². The molecule has 0 aliphatic carbocycles. The molecule has 3 aromatic carbocycles. The largest absolute Gasteiger partial charge is 0.507 e. The molecule has 1 heterocycles. The second kappa shape index (κ2) is 8.16. The van der Waals surface area contributed by atoms with Crippen molar-refractivity contribution in [2.75, 3.05) is 4.90 Å². The second-order valence-corrected chi connectivity index (χ2v) is 8.04. The Balaban J connectivity index is 1.95. The normalized spacial score (nSPS) is 17.4. The Hall–Kier alpha value is -4.17. The molecule has 158 valence electrons. The van der Waals surface area contributed by atoms with Gasteiger partial charge >= 0.3 is 0 Å². The standard InChI is InChI=1S/C27H22N2O3/c1-16-5-4-6-20(13-16)24-23(25(30)21-10-7-17(2)18(3)14-21)26(31)27(32)29(24)22-11-8-19(15-28)9-12-22/h4-14,24,30H,1-3H3/b25-23-. The van der Waals surface area contributed by atoms with Crippen LogP contribution < -0.4 is 4.90 Å². The van der Waals surface area contributed by atoms with E-state index in [-0.39, 0.29) is 11.3 Å². The molecule has 5 heteroatoms. The van der Waals surface area contributed by atoms with E-state index >= 15 is 0 Å². The number of aliphatic hydroxyl groups excluding tert-OH is 1. The lowest BCUT2D eigenvalue weighted by Gasteiger charge is -2.25. The Morgan fingerprint density at radius 2 is 1.66 bits per heavy atom. The third-order valence-electron chi connectivity index (χ3n) is 5.86. The number of ketones is 1. The Morgan fingerprint density at radius 1 is 0.938 bits per heavy atom. The smallest absolute Gasteiger partial charge is 0.300 e. The molecule has 32 heavy (non-hydrogen) atoms. The predicted octanol–water partition coefficient (Wildman–Crippen LogP) is 5.11. The number of rotatable bonds is 3. The van der Waals surface area contributed by atoms with Crippen LogP contribution in [0.15, 0.2) is 72.3 Å². The minimum atomic E-state index is -0.788. The Labute approximate surface area is 186 Å². The minimum absolute atomic E-state index is 0.0493. The summed E-state index contributed by atoms with van der Waals surface area (Å²) >= 11 is 0. The zero-order chi connectivity index (χ0) is 23.0. The van der Waals surface area contributed by atoms with Crippen molar-refractivity contribution < 1.29 is 14.7 Å². The van der Waals surface area contributed by atoms with Gasteiger partial charge in [0.25, 0.3) is 11.7 Å². The predicted molar refractivity (Wildman–Crippen MR) is 123 cm³/mol. The lowest BCUT2D eigenvalue weighted by Crippen LogP contribution is -2.29. The van der Waals surface area contributed by atoms with E-state index in [9.17, 15) is 14.7 Å². The van der Waals surface area contributed by atoms with Gasteiger partial charge in [0.1, 0.15) is 5.76 Å². The van der Waals surface area contributed by atoms with E-state index in [0.29, 0.717) is 16.8 Å². The van der Waals surface area contributed by atoms with Crippen LogP contribution in [-0.2, 0) is 9.59 Å². The number of aryl methyl sites for hydroxylation is 3. The van der Waals surface area contributed by atoms with Gasteiger partial charge in [-0.15, -0.1) is 0 Å². The molecule has 0 saturated carbocycles. The number of hydrogen-bond donors (Lipinski definition) is 1. The molecule has 0 bridgehead atoms. The van der Waals surface area contributed by atoms with E-state index in [2.05, 4.69) is 6.07 Å². The maximum absolute atomic E-state index is 13.2. The average molecular weight is 422 g/mol. The van der Waals surface area contributed by atoms with Gasteiger partial charge in [-0.05, 0) is 67.8 Å². The highest BCUT2D eigenvalue weighted by molar-refractivity contribution is 6.51. The molecule has 0 aromatic heterocycles. The van der Waals surface area contributed by atoms with Gasteiger partial charge in [0.2, 0.25) is 0 Å². The molecule has 1 N–H and O–H groups in total. The van der Waals surface area contributed by atoms with Crippen molar-refractivity contribution in [3.05, 3.63) is 106 Å². The number of aliphatic hydroxyl groups is 1. The monoisotopic (exact) mass is 422 g/mol. The number of amides is 1. The van der Waals surface area contributed by atoms with Gasteiger partial charge in [0, 0.05) is 11.3 Å². The maximum atomic E-state index is 13.2. The quantitative estimate of drug-likeness (QED) is 0.361. The van der Waals surface area contributed by atoms with Gasteiger partial charge < -0.3 is 5.11 Å². The van der Waals surface area contributed by atoms with Crippen molar-refractivity contribution in [1.82, 2.24) is 0 Å². The molecule has 1 amide bonds. The van der Waals surface area contributed by atoms with E-state index < -0.39 is 17.7 Å². The van der Waals surface area contributed by atoms with Gasteiger partial charge in [-0.25, -0.2) is 0 Å². The highest BCUT2D eigenvalue weighted by atomic mass is 16.3. The lowest BCUT2D eigenvalue weighted by molar-refractivity contribution is -0.132. The Bertz CT molecular complexity index is 1310. The zero-order valence-electron chi connectivity index (χ0n) is 18.1. The number of nitriles is 1. The van der Waals surface area contributed by atoms with Crippen LogP contribution in [0.4, 0.5) is 5.69 Å². The molecule has 1 fully saturated rings. The van der Waals surface area contributed by atoms with E-state index in [1.165, 1.54) is 4.90 Å². The van der Waals surface area contributed by atoms with Crippen LogP contribution in [-0.4, -0.2) is 16.8 Å². The fourth-order valence-corrected chi connectivity index (χ4v) is 4.00. The van der Waals surface area contributed by atoms with E-state index in [0.717, 1.165) is 22.3 Å². The molecule has 1 aliphatic heterocycles. The van der Waals surface area contributed by atoms with E-state index in [1.807, 2.05) is 57.2 Å². The van der Waals surface area contributed by atoms with Gasteiger partial charge in [-0.3, -0.25) is 14.5 Å². The van der Waals surface area contributed by atoms with Gasteiger partial charge in [0.05, 0.1) is 23.2 Å². The summed E-state index contributed by atoms with van der Waals surface area (Å²) in [5.41, 5.74) is 5.21. The summed E-state index contributed by atoms with van der Waals surface area (Å²) in [6, 6.07) is 20.7. The molecule has 4 rings (SSSR count). The summed E-state index contributed by atoms with van der Waals surface area (Å²) in [4.78, 5) is 27.7. The number of hydrogen-bond acceptors (Lipinski definition) is 4. The SMILES string of the molecule is Cc1cccc(C2/C(=C(/O)c3ccc(C)c(C)c3)C(=O)C(=O)N2c2ccc(C#N)cc2)c1. The number of Topliss-reactive ketones (excluding diaryl/α,β-unsaturated/α-hetero) is 1. The molecular formula is C27H22N2O3. The van der Waals surface area contributed by atoms with Crippen LogP contribution in [0, 0.1) is 32.1 Å². The summed E-state index contributed by atoms with van der Waals surface area (Å²) in [7, 11) is 0.